The lowest BCUT2D eigenvalue weighted by Crippen LogP contribution is -2.11. The van der Waals surface area contributed by atoms with Crippen molar-refractivity contribution in [1.82, 2.24) is 0 Å². The Hall–Kier alpha value is -0.550. The minimum atomic E-state index is 0.132. The molecule has 0 aliphatic carbocycles. The second-order valence-electron chi connectivity index (χ2n) is 0.766. The van der Waals surface area contributed by atoms with Gasteiger partial charge in [0.05, 0.1) is 18.3 Å². The monoisotopic (exact) mass is 118 g/mol. The van der Waals surface area contributed by atoms with Gasteiger partial charge in [-0.25, -0.2) is 0 Å². The van der Waals surface area contributed by atoms with Crippen LogP contribution in [0, 0.1) is 5.41 Å². The Morgan fingerprint density at radius 3 is 2.57 bits per heavy atom. The molecule has 40 valence electrons. The summed E-state index contributed by atoms with van der Waals surface area (Å²) < 4.78 is 3.39. The van der Waals surface area contributed by atoms with Crippen LogP contribution in [0.15, 0.2) is 4.40 Å². The molecule has 0 unspecified atom stereocenters. The van der Waals surface area contributed by atoms with Crippen LogP contribution in [0.2, 0.25) is 0 Å². The summed E-state index contributed by atoms with van der Waals surface area (Å²) in [6, 6.07) is 0. The molecule has 0 aliphatic heterocycles. The van der Waals surface area contributed by atoms with Crippen molar-refractivity contribution >= 4 is 24.2 Å². The van der Waals surface area contributed by atoms with E-state index in [9.17, 15) is 0 Å². The molecule has 0 amide bonds. The van der Waals surface area contributed by atoms with E-state index in [1.807, 2.05) is 0 Å². The van der Waals surface area contributed by atoms with Crippen molar-refractivity contribution in [1.29, 1.82) is 5.41 Å². The molecule has 0 aliphatic rings. The smallest absolute Gasteiger partial charge is 0.150 e. The SMILES string of the molecule is N=C/C(N)=N/SN. The van der Waals surface area contributed by atoms with Crippen LogP contribution < -0.4 is 10.9 Å². The lowest BCUT2D eigenvalue weighted by Gasteiger charge is -1.81. The highest BCUT2D eigenvalue weighted by atomic mass is 32.2. The van der Waals surface area contributed by atoms with Crippen molar-refractivity contribution in [3.8, 4) is 0 Å². The normalized spacial score (nSPS) is 11.3. The van der Waals surface area contributed by atoms with Crippen LogP contribution in [0.4, 0.5) is 0 Å². The van der Waals surface area contributed by atoms with Crippen LogP contribution in [0.1, 0.15) is 0 Å². The first-order valence-electron chi connectivity index (χ1n) is 1.51. The summed E-state index contributed by atoms with van der Waals surface area (Å²) in [5, 5.41) is 11.3. The molecule has 0 atom stereocenters. The van der Waals surface area contributed by atoms with E-state index in [-0.39, 0.29) is 5.84 Å². The Kier molecular flexibility index (Phi) is 3.35. The van der Waals surface area contributed by atoms with Gasteiger partial charge in [-0.1, -0.05) is 0 Å². The minimum absolute atomic E-state index is 0.132. The van der Waals surface area contributed by atoms with Crippen molar-refractivity contribution in [2.45, 2.75) is 0 Å². The molecule has 0 saturated carbocycles. The van der Waals surface area contributed by atoms with Gasteiger partial charge in [-0.2, -0.15) is 4.40 Å². The number of nitrogens with one attached hydrogen (secondary N) is 1. The van der Waals surface area contributed by atoms with Crippen LogP contribution in [-0.2, 0) is 0 Å². The van der Waals surface area contributed by atoms with E-state index in [1.165, 1.54) is 0 Å². The van der Waals surface area contributed by atoms with E-state index in [4.69, 9.17) is 16.3 Å². The van der Waals surface area contributed by atoms with Crippen molar-refractivity contribution in [2.24, 2.45) is 15.3 Å². The lowest BCUT2D eigenvalue weighted by atomic mass is 10.7. The highest BCUT2D eigenvalue weighted by Crippen LogP contribution is 1.82. The second kappa shape index (κ2) is 3.63. The maximum Gasteiger partial charge on any atom is 0.150 e. The van der Waals surface area contributed by atoms with Gasteiger partial charge in [-0.05, 0) is 0 Å². The van der Waals surface area contributed by atoms with Gasteiger partial charge in [0, 0.05) is 0 Å². The zero-order chi connectivity index (χ0) is 5.70. The largest absolute Gasteiger partial charge is 0.382 e. The Morgan fingerprint density at radius 1 is 1.86 bits per heavy atom. The van der Waals surface area contributed by atoms with E-state index in [2.05, 4.69) is 4.40 Å². The van der Waals surface area contributed by atoms with Gasteiger partial charge in [0.25, 0.3) is 0 Å². The van der Waals surface area contributed by atoms with Gasteiger partial charge in [-0.15, -0.1) is 0 Å². The van der Waals surface area contributed by atoms with E-state index in [1.54, 1.807) is 0 Å². The molecule has 0 saturated heterocycles. The molecule has 7 heavy (non-hydrogen) atoms. The molecule has 0 aromatic rings. The highest BCUT2D eigenvalue weighted by Gasteiger charge is 1.76. The summed E-state index contributed by atoms with van der Waals surface area (Å²) in [6.07, 6.45) is 0.930. The second-order valence-corrected chi connectivity index (χ2v) is 1.16. The molecule has 0 radical (unpaired) electrons. The number of hydrogen-bond acceptors (Lipinski definition) is 4. The van der Waals surface area contributed by atoms with Crippen molar-refractivity contribution in [2.75, 3.05) is 0 Å². The molecule has 0 heterocycles. The summed E-state index contributed by atoms with van der Waals surface area (Å²) in [5.41, 5.74) is 4.99. The fourth-order valence-corrected chi connectivity index (χ4v) is 0.262. The fraction of sp³-hybridized carbons (Fsp3) is 0. The molecule has 0 bridgehead atoms. The molecule has 4 nitrogen and oxygen atoms in total. The quantitative estimate of drug-likeness (QED) is 0.260. The molecule has 0 fully saturated rings. The Labute approximate surface area is 45.8 Å². The van der Waals surface area contributed by atoms with Gasteiger partial charge in [0.15, 0.2) is 5.84 Å². The standard InChI is InChI=1S/C2H6N4S/c3-1-2(4)6-7-5/h1,3H,5H2,(H2,4,6). The highest BCUT2D eigenvalue weighted by molar-refractivity contribution is 7.95. The number of amidine groups is 1. The number of nitrogens with zero attached hydrogens (tertiary/aromatic N) is 1. The number of nitrogens with two attached hydrogens (primary N) is 2. The summed E-state index contributed by atoms with van der Waals surface area (Å²) in [6.45, 7) is 0. The molecular weight excluding hydrogens is 112 g/mol. The maximum atomic E-state index is 6.46. The van der Waals surface area contributed by atoms with Gasteiger partial charge in [0.2, 0.25) is 0 Å². The van der Waals surface area contributed by atoms with E-state index >= 15 is 0 Å². The predicted octanol–water partition coefficient (Wildman–Crippen LogP) is -0.485. The van der Waals surface area contributed by atoms with Crippen LogP contribution in [0.25, 0.3) is 0 Å². The molecule has 0 aromatic carbocycles. The third kappa shape index (κ3) is 3.28. The summed E-state index contributed by atoms with van der Waals surface area (Å²) in [7, 11) is 0. The van der Waals surface area contributed by atoms with E-state index in [0.29, 0.717) is 0 Å². The topological polar surface area (TPSA) is 88.2 Å². The zero-order valence-corrected chi connectivity index (χ0v) is 4.40. The Balaban J connectivity index is 3.49. The van der Waals surface area contributed by atoms with Crippen molar-refractivity contribution in [3.63, 3.8) is 0 Å². The molecule has 5 heteroatoms. The number of rotatable bonds is 2. The molecule has 0 spiro atoms. The number of hydrogen-bond donors (Lipinski definition) is 3. The summed E-state index contributed by atoms with van der Waals surface area (Å²) >= 11 is 0.746. The fourth-order valence-electron chi connectivity index (χ4n) is 0.0872. The minimum Gasteiger partial charge on any atom is -0.382 e. The zero-order valence-electron chi connectivity index (χ0n) is 3.59. The molecule has 0 aromatic heterocycles. The van der Waals surface area contributed by atoms with Gasteiger partial charge >= 0.3 is 0 Å². The first kappa shape index (κ1) is 6.45. The average molecular weight is 118 g/mol. The third-order valence-corrected chi connectivity index (χ3v) is 0.622. The predicted molar refractivity (Wildman–Crippen MR) is 32.2 cm³/mol. The van der Waals surface area contributed by atoms with Crippen molar-refractivity contribution in [3.05, 3.63) is 0 Å². The maximum absolute atomic E-state index is 6.46. The molecular formula is C2H6N4S. The van der Waals surface area contributed by atoms with E-state index < -0.39 is 0 Å². The first-order valence-corrected chi connectivity index (χ1v) is 2.34. The van der Waals surface area contributed by atoms with Crippen LogP contribution in [-0.4, -0.2) is 12.1 Å². The summed E-state index contributed by atoms with van der Waals surface area (Å²) in [5.74, 6) is 0.132. The van der Waals surface area contributed by atoms with Gasteiger partial charge < -0.3 is 11.1 Å². The Morgan fingerprint density at radius 2 is 2.43 bits per heavy atom. The van der Waals surface area contributed by atoms with E-state index in [0.717, 1.165) is 18.3 Å². The molecule has 0 rings (SSSR count). The average Bonchev–Trinajstić information content (AvgIpc) is 1.68. The Bertz CT molecular complexity index is 87.7. The third-order valence-electron chi connectivity index (χ3n) is 0.306. The lowest BCUT2D eigenvalue weighted by molar-refractivity contribution is 1.57. The van der Waals surface area contributed by atoms with Gasteiger partial charge in [0.1, 0.15) is 0 Å². The molecule has 5 N–H and O–H groups in total. The first-order chi connectivity index (χ1) is 3.31. The van der Waals surface area contributed by atoms with Crippen LogP contribution in [0.5, 0.6) is 0 Å². The van der Waals surface area contributed by atoms with Crippen molar-refractivity contribution < 1.29 is 0 Å². The van der Waals surface area contributed by atoms with Crippen LogP contribution in [0.3, 0.4) is 0 Å². The van der Waals surface area contributed by atoms with Gasteiger partial charge in [-0.3, -0.25) is 5.14 Å². The van der Waals surface area contributed by atoms with Crippen LogP contribution >= 0.6 is 12.1 Å². The summed E-state index contributed by atoms with van der Waals surface area (Å²) in [4.78, 5) is 0.